The molecular weight excluding hydrogens is 316 g/mol. The smallest absolute Gasteiger partial charge is 0.237 e. The van der Waals surface area contributed by atoms with E-state index in [-0.39, 0.29) is 6.10 Å². The molecule has 2 saturated carbocycles. The van der Waals surface area contributed by atoms with Gasteiger partial charge in [-0.25, -0.2) is 14.2 Å². The van der Waals surface area contributed by atoms with Gasteiger partial charge in [-0.3, -0.25) is 5.10 Å². The molecule has 25 heavy (non-hydrogen) atoms. The molecule has 2 aliphatic rings. The van der Waals surface area contributed by atoms with Crippen LogP contribution in [0.2, 0.25) is 0 Å². The molecule has 7 nitrogen and oxygen atoms in total. The average Bonchev–Trinajstić information content (AvgIpc) is 3.41. The quantitative estimate of drug-likeness (QED) is 0.625. The minimum Gasteiger partial charge on any atom is -0.473 e. The summed E-state index contributed by atoms with van der Waals surface area (Å²) in [5.41, 5.74) is 3.62. The van der Waals surface area contributed by atoms with Crippen molar-refractivity contribution in [2.45, 2.75) is 31.8 Å². The van der Waals surface area contributed by atoms with Crippen molar-refractivity contribution in [2.24, 2.45) is 11.8 Å². The molecule has 1 N–H and O–H groups in total. The van der Waals surface area contributed by atoms with Crippen molar-refractivity contribution in [3.8, 4) is 11.6 Å². The lowest BCUT2D eigenvalue weighted by atomic mass is 9.98. The number of aromatic nitrogens is 6. The second-order valence-corrected chi connectivity index (χ2v) is 7.23. The van der Waals surface area contributed by atoms with Crippen LogP contribution in [0.1, 0.15) is 25.7 Å². The number of para-hydroxylation sites is 2. The highest BCUT2D eigenvalue weighted by Crippen LogP contribution is 2.46. The number of H-pyrrole nitrogens is 1. The number of imidazole rings is 1. The van der Waals surface area contributed by atoms with Gasteiger partial charge in [0.15, 0.2) is 11.3 Å². The van der Waals surface area contributed by atoms with E-state index >= 15 is 0 Å². The molecule has 1 aromatic carbocycles. The molecule has 3 atom stereocenters. The lowest BCUT2D eigenvalue weighted by molar-refractivity contribution is 0.131. The fourth-order valence-corrected chi connectivity index (χ4v) is 4.65. The fraction of sp³-hybridized carbons (Fsp3) is 0.389. The molecule has 0 aliphatic heterocycles. The molecule has 126 valence electrons. The van der Waals surface area contributed by atoms with E-state index in [1.165, 1.54) is 19.3 Å². The van der Waals surface area contributed by atoms with Gasteiger partial charge in [0.2, 0.25) is 5.88 Å². The first kappa shape index (κ1) is 13.5. The highest BCUT2D eigenvalue weighted by atomic mass is 16.5. The number of rotatable bonds is 3. The van der Waals surface area contributed by atoms with Crippen LogP contribution in [0.5, 0.6) is 5.88 Å². The van der Waals surface area contributed by atoms with E-state index in [0.29, 0.717) is 5.92 Å². The van der Waals surface area contributed by atoms with E-state index in [9.17, 15) is 0 Å². The van der Waals surface area contributed by atoms with Gasteiger partial charge in [-0.1, -0.05) is 17.3 Å². The molecule has 4 aromatic rings. The lowest BCUT2D eigenvalue weighted by Gasteiger charge is -2.22. The lowest BCUT2D eigenvalue weighted by Crippen LogP contribution is -2.24. The maximum absolute atomic E-state index is 6.45. The van der Waals surface area contributed by atoms with Crippen LogP contribution in [0.25, 0.3) is 22.4 Å². The highest BCUT2D eigenvalue weighted by Gasteiger charge is 2.41. The minimum atomic E-state index is 0.288. The van der Waals surface area contributed by atoms with E-state index in [1.54, 1.807) is 10.9 Å². The number of ether oxygens (including phenoxy) is 1. The Hall–Kier alpha value is -2.83. The number of hydrogen-bond acceptors (Lipinski definition) is 4. The largest absolute Gasteiger partial charge is 0.473 e. The summed E-state index contributed by atoms with van der Waals surface area (Å²) in [6, 6.07) is 8.08. The zero-order valence-electron chi connectivity index (χ0n) is 13.7. The van der Waals surface area contributed by atoms with Crippen molar-refractivity contribution in [1.29, 1.82) is 0 Å². The second-order valence-electron chi connectivity index (χ2n) is 7.23. The summed E-state index contributed by atoms with van der Waals surface area (Å²) >= 11 is 0. The molecule has 0 saturated heterocycles. The number of aromatic amines is 1. The van der Waals surface area contributed by atoms with Crippen LogP contribution in [0, 0.1) is 11.8 Å². The van der Waals surface area contributed by atoms with Crippen LogP contribution in [-0.2, 0) is 0 Å². The van der Waals surface area contributed by atoms with Crippen LogP contribution in [0.3, 0.4) is 0 Å². The van der Waals surface area contributed by atoms with Crippen molar-refractivity contribution in [3.63, 3.8) is 0 Å². The Balaban J connectivity index is 1.52. The van der Waals surface area contributed by atoms with Gasteiger partial charge in [-0.05, 0) is 49.7 Å². The Morgan fingerprint density at radius 3 is 2.92 bits per heavy atom. The first-order valence-electron chi connectivity index (χ1n) is 8.89. The van der Waals surface area contributed by atoms with Gasteiger partial charge in [-0.15, -0.1) is 5.10 Å². The zero-order valence-corrected chi connectivity index (χ0v) is 13.7. The van der Waals surface area contributed by atoms with Crippen molar-refractivity contribution < 1.29 is 4.74 Å². The first-order chi connectivity index (χ1) is 12.4. The van der Waals surface area contributed by atoms with Gasteiger partial charge in [0.1, 0.15) is 6.10 Å². The van der Waals surface area contributed by atoms with Crippen molar-refractivity contribution >= 4 is 16.7 Å². The topological polar surface area (TPSA) is 73.0 Å². The molecule has 0 radical (unpaired) electrons. The van der Waals surface area contributed by atoms with E-state index in [1.807, 2.05) is 28.9 Å². The summed E-state index contributed by atoms with van der Waals surface area (Å²) in [6.45, 7) is 0. The number of fused-ring (bicyclic) bond motifs is 5. The van der Waals surface area contributed by atoms with Crippen LogP contribution >= 0.6 is 0 Å². The summed E-state index contributed by atoms with van der Waals surface area (Å²) in [7, 11) is 0. The van der Waals surface area contributed by atoms with Crippen LogP contribution < -0.4 is 4.74 Å². The fourth-order valence-electron chi connectivity index (χ4n) is 4.65. The molecule has 2 aliphatic carbocycles. The predicted octanol–water partition coefficient (Wildman–Crippen LogP) is 2.96. The molecule has 0 amide bonds. The number of nitrogens with zero attached hydrogens (tertiary/aromatic N) is 5. The van der Waals surface area contributed by atoms with Gasteiger partial charge in [0, 0.05) is 0 Å². The maximum atomic E-state index is 6.45. The third-order valence-corrected chi connectivity index (χ3v) is 5.80. The Labute approximate surface area is 143 Å². The number of nitrogens with one attached hydrogen (secondary N) is 1. The third-order valence-electron chi connectivity index (χ3n) is 5.80. The molecule has 2 bridgehead atoms. The van der Waals surface area contributed by atoms with Crippen molar-refractivity contribution in [3.05, 3.63) is 36.7 Å². The predicted molar refractivity (Wildman–Crippen MR) is 91.8 cm³/mol. The van der Waals surface area contributed by atoms with Crippen molar-refractivity contribution in [1.82, 2.24) is 29.6 Å². The maximum Gasteiger partial charge on any atom is 0.237 e. The molecular formula is C18H18N6O. The summed E-state index contributed by atoms with van der Waals surface area (Å²) in [4.78, 5) is 4.78. The van der Waals surface area contributed by atoms with Gasteiger partial charge in [0.05, 0.1) is 23.4 Å². The molecule has 3 heterocycles. The molecule has 0 spiro atoms. The number of hydrogen-bond donors (Lipinski definition) is 1. The van der Waals surface area contributed by atoms with E-state index < -0.39 is 0 Å². The Morgan fingerprint density at radius 2 is 2.12 bits per heavy atom. The second kappa shape index (κ2) is 4.84. The van der Waals surface area contributed by atoms with Gasteiger partial charge in [-0.2, -0.15) is 0 Å². The van der Waals surface area contributed by atoms with Crippen LogP contribution in [0.4, 0.5) is 0 Å². The molecule has 3 unspecified atom stereocenters. The normalized spacial score (nSPS) is 25.4. The van der Waals surface area contributed by atoms with Gasteiger partial charge < -0.3 is 4.74 Å². The Bertz CT molecular complexity index is 1060. The Kier molecular flexibility index (Phi) is 2.61. The molecule has 6 rings (SSSR count). The SMILES string of the molecule is c1ccc2c(c1)nc1c(-n3ccnn3)c(OC3CC4CCC3C4)[nH]n12. The summed E-state index contributed by atoms with van der Waals surface area (Å²) < 4.78 is 10.2. The monoisotopic (exact) mass is 334 g/mol. The van der Waals surface area contributed by atoms with E-state index in [4.69, 9.17) is 9.72 Å². The van der Waals surface area contributed by atoms with E-state index in [2.05, 4.69) is 21.5 Å². The van der Waals surface area contributed by atoms with E-state index in [0.717, 1.165) is 40.6 Å². The standard InChI is InChI=1S/C18H18N6O/c1-2-4-14-13(3-1)20-17-16(23-8-7-19-22-23)18(21-24(14)17)25-15-10-11-5-6-12(15)9-11/h1-4,7-8,11-12,15,21H,5-6,9-10H2. The molecule has 7 heteroatoms. The summed E-state index contributed by atoms with van der Waals surface area (Å²) in [5, 5.41) is 11.5. The zero-order chi connectivity index (χ0) is 16.4. The average molecular weight is 334 g/mol. The van der Waals surface area contributed by atoms with Gasteiger partial charge in [0.25, 0.3) is 0 Å². The number of benzene rings is 1. The van der Waals surface area contributed by atoms with Crippen LogP contribution in [-0.4, -0.2) is 35.7 Å². The highest BCUT2D eigenvalue weighted by molar-refractivity contribution is 5.84. The molecule has 2 fully saturated rings. The van der Waals surface area contributed by atoms with Crippen LogP contribution in [0.15, 0.2) is 36.7 Å². The summed E-state index contributed by atoms with van der Waals surface area (Å²) in [5.74, 6) is 2.25. The Morgan fingerprint density at radius 1 is 1.16 bits per heavy atom. The molecule has 3 aromatic heterocycles. The summed E-state index contributed by atoms with van der Waals surface area (Å²) in [6.07, 6.45) is 8.90. The first-order valence-corrected chi connectivity index (χ1v) is 8.89. The van der Waals surface area contributed by atoms with Gasteiger partial charge >= 0.3 is 0 Å². The van der Waals surface area contributed by atoms with Crippen molar-refractivity contribution in [2.75, 3.05) is 0 Å². The minimum absolute atomic E-state index is 0.288. The third kappa shape index (κ3) is 1.89.